The number of carbonyl (C=O) groups is 2. The summed E-state index contributed by atoms with van der Waals surface area (Å²) in [4.78, 5) is 23.2. The molecule has 0 aromatic heterocycles. The molecule has 1 aromatic rings. The summed E-state index contributed by atoms with van der Waals surface area (Å²) in [6.07, 6.45) is 3.80. The molecule has 0 radical (unpaired) electrons. The van der Waals surface area contributed by atoms with Crippen molar-refractivity contribution in [1.82, 2.24) is 0 Å². The first kappa shape index (κ1) is 19.8. The van der Waals surface area contributed by atoms with Crippen LogP contribution in [0.15, 0.2) is 24.3 Å². The molecule has 0 saturated heterocycles. The molecule has 0 atom stereocenters. The van der Waals surface area contributed by atoms with Crippen molar-refractivity contribution in [2.75, 3.05) is 6.61 Å². The minimum Gasteiger partial charge on any atom is -0.462 e. The first-order chi connectivity index (χ1) is 10.9. The normalized spacial score (nSPS) is 11.0. The minimum absolute atomic E-state index is 0.0159. The monoisotopic (exact) mass is 378 g/mol. The van der Waals surface area contributed by atoms with E-state index in [0.29, 0.717) is 17.5 Å². The quantitative estimate of drug-likeness (QED) is 0.376. The van der Waals surface area contributed by atoms with Gasteiger partial charge in [0, 0.05) is 17.2 Å². The fourth-order valence-electron chi connectivity index (χ4n) is 1.67. The van der Waals surface area contributed by atoms with Gasteiger partial charge in [-0.05, 0) is 18.1 Å². The Morgan fingerprint density at radius 3 is 2.09 bits per heavy atom. The smallest absolute Gasteiger partial charge is 0.336 e. The summed E-state index contributed by atoms with van der Waals surface area (Å²) >= 11 is 17.6. The van der Waals surface area contributed by atoms with Crippen LogP contribution in [0.1, 0.15) is 26.7 Å². The van der Waals surface area contributed by atoms with Crippen LogP contribution in [-0.2, 0) is 14.3 Å². The maximum Gasteiger partial charge on any atom is 0.336 e. The molecule has 0 N–H and O–H groups in total. The topological polar surface area (TPSA) is 52.6 Å². The Kier molecular flexibility index (Phi) is 8.45. The van der Waals surface area contributed by atoms with Crippen molar-refractivity contribution < 1.29 is 19.1 Å². The molecule has 0 fully saturated rings. The van der Waals surface area contributed by atoms with Crippen molar-refractivity contribution in [3.8, 4) is 5.75 Å². The van der Waals surface area contributed by atoms with Crippen LogP contribution in [-0.4, -0.2) is 18.5 Å². The summed E-state index contributed by atoms with van der Waals surface area (Å²) in [5, 5.41) is 0.515. The highest BCUT2D eigenvalue weighted by molar-refractivity contribution is 6.40. The number of ether oxygens (including phenoxy) is 2. The van der Waals surface area contributed by atoms with Crippen molar-refractivity contribution >= 4 is 46.7 Å². The van der Waals surface area contributed by atoms with Crippen molar-refractivity contribution in [2.24, 2.45) is 5.92 Å². The zero-order valence-corrected chi connectivity index (χ0v) is 15.0. The number of benzene rings is 1. The van der Waals surface area contributed by atoms with E-state index in [2.05, 4.69) is 0 Å². The predicted octanol–water partition coefficient (Wildman–Crippen LogP) is 5.09. The highest BCUT2D eigenvalue weighted by atomic mass is 35.5. The van der Waals surface area contributed by atoms with Gasteiger partial charge in [-0.3, -0.25) is 0 Å². The first-order valence-corrected chi connectivity index (χ1v) is 8.21. The number of halogens is 3. The first-order valence-electron chi connectivity index (χ1n) is 7.08. The third kappa shape index (κ3) is 6.81. The van der Waals surface area contributed by atoms with Gasteiger partial charge >= 0.3 is 11.9 Å². The van der Waals surface area contributed by atoms with Gasteiger partial charge in [0.15, 0.2) is 5.75 Å². The lowest BCUT2D eigenvalue weighted by atomic mass is 10.1. The van der Waals surface area contributed by atoms with Crippen LogP contribution in [0.3, 0.4) is 0 Å². The van der Waals surface area contributed by atoms with Gasteiger partial charge in [-0.2, -0.15) is 0 Å². The second kappa shape index (κ2) is 9.81. The van der Waals surface area contributed by atoms with E-state index in [4.69, 9.17) is 44.3 Å². The van der Waals surface area contributed by atoms with E-state index < -0.39 is 11.9 Å². The molecule has 0 aliphatic carbocycles. The molecule has 0 aliphatic heterocycles. The van der Waals surface area contributed by atoms with E-state index in [1.807, 2.05) is 13.8 Å². The summed E-state index contributed by atoms with van der Waals surface area (Å²) in [5.74, 6) is -1.11. The van der Waals surface area contributed by atoms with E-state index in [9.17, 15) is 9.59 Å². The lowest BCUT2D eigenvalue weighted by Gasteiger charge is -2.11. The second-order valence-corrected chi connectivity index (χ2v) is 6.02. The van der Waals surface area contributed by atoms with Crippen molar-refractivity contribution in [3.05, 3.63) is 39.4 Å². The largest absolute Gasteiger partial charge is 0.462 e. The molecule has 23 heavy (non-hydrogen) atoms. The lowest BCUT2D eigenvalue weighted by Crippen LogP contribution is -2.12. The SMILES string of the molecule is CCC(CC)COC(=O)/C=C/C(=O)Oc1c(Cl)cc(Cl)cc1Cl. The second-order valence-electron chi connectivity index (χ2n) is 4.77. The molecule has 0 aliphatic rings. The van der Waals surface area contributed by atoms with Gasteiger partial charge in [0.25, 0.3) is 0 Å². The standard InChI is InChI=1S/C16H17Cl3O4/c1-3-10(4-2)9-22-14(20)5-6-15(21)23-16-12(18)7-11(17)8-13(16)19/h5-8,10H,3-4,9H2,1-2H3/b6-5+. The maximum absolute atomic E-state index is 11.7. The average Bonchev–Trinajstić information content (AvgIpc) is 2.49. The van der Waals surface area contributed by atoms with Crippen molar-refractivity contribution in [2.45, 2.75) is 26.7 Å². The average molecular weight is 380 g/mol. The number of carbonyl (C=O) groups excluding carboxylic acids is 2. The molecular formula is C16H17Cl3O4. The van der Waals surface area contributed by atoms with E-state index in [1.165, 1.54) is 12.1 Å². The summed E-state index contributed by atoms with van der Waals surface area (Å²) in [6, 6.07) is 2.79. The van der Waals surface area contributed by atoms with Crippen LogP contribution >= 0.6 is 34.8 Å². The molecule has 1 aromatic carbocycles. The van der Waals surface area contributed by atoms with Crippen LogP contribution in [0.2, 0.25) is 15.1 Å². The molecule has 0 heterocycles. The molecule has 0 spiro atoms. The van der Waals surface area contributed by atoms with Gasteiger partial charge in [-0.25, -0.2) is 9.59 Å². The highest BCUT2D eigenvalue weighted by Crippen LogP contribution is 2.35. The van der Waals surface area contributed by atoms with E-state index >= 15 is 0 Å². The van der Waals surface area contributed by atoms with Crippen molar-refractivity contribution in [1.29, 1.82) is 0 Å². The lowest BCUT2D eigenvalue weighted by molar-refractivity contribution is -0.139. The van der Waals surface area contributed by atoms with Crippen molar-refractivity contribution in [3.63, 3.8) is 0 Å². The van der Waals surface area contributed by atoms with Gasteiger partial charge in [0.05, 0.1) is 16.7 Å². The number of esters is 2. The van der Waals surface area contributed by atoms with Crippen LogP contribution in [0.25, 0.3) is 0 Å². The highest BCUT2D eigenvalue weighted by Gasteiger charge is 2.13. The van der Waals surface area contributed by atoms with Gasteiger partial charge in [-0.15, -0.1) is 0 Å². The van der Waals surface area contributed by atoms with Crippen LogP contribution in [0, 0.1) is 5.92 Å². The molecule has 0 saturated carbocycles. The van der Waals surface area contributed by atoms with Gasteiger partial charge in [-0.1, -0.05) is 61.5 Å². The number of rotatable bonds is 7. The Hall–Kier alpha value is -1.23. The Labute approximate surface area is 150 Å². The molecule has 1 rings (SSSR count). The van der Waals surface area contributed by atoms with Gasteiger partial charge < -0.3 is 9.47 Å². The molecule has 4 nitrogen and oxygen atoms in total. The zero-order valence-electron chi connectivity index (χ0n) is 12.8. The van der Waals surface area contributed by atoms with E-state index in [-0.39, 0.29) is 15.8 Å². The summed E-state index contributed by atoms with van der Waals surface area (Å²) < 4.78 is 10.0. The molecule has 126 valence electrons. The Morgan fingerprint density at radius 1 is 1.04 bits per heavy atom. The molecular weight excluding hydrogens is 363 g/mol. The number of hydrogen-bond donors (Lipinski definition) is 0. The van der Waals surface area contributed by atoms with E-state index in [1.54, 1.807) is 0 Å². The Morgan fingerprint density at radius 2 is 1.57 bits per heavy atom. The Balaban J connectivity index is 2.58. The zero-order chi connectivity index (χ0) is 17.4. The molecule has 7 heteroatoms. The fraction of sp³-hybridized carbons (Fsp3) is 0.375. The fourth-order valence-corrected chi connectivity index (χ4v) is 2.56. The minimum atomic E-state index is -0.796. The van der Waals surface area contributed by atoms with Crippen LogP contribution < -0.4 is 4.74 Å². The molecule has 0 unspecified atom stereocenters. The van der Waals surface area contributed by atoms with Crippen LogP contribution in [0.5, 0.6) is 5.75 Å². The predicted molar refractivity (Wildman–Crippen MR) is 91.3 cm³/mol. The van der Waals surface area contributed by atoms with E-state index in [0.717, 1.165) is 25.0 Å². The maximum atomic E-state index is 11.7. The van der Waals surface area contributed by atoms with Gasteiger partial charge in [0.2, 0.25) is 0 Å². The van der Waals surface area contributed by atoms with Crippen LogP contribution in [0.4, 0.5) is 0 Å². The molecule has 0 bridgehead atoms. The number of hydrogen-bond acceptors (Lipinski definition) is 4. The van der Waals surface area contributed by atoms with Gasteiger partial charge in [0.1, 0.15) is 0 Å². The third-order valence-electron chi connectivity index (χ3n) is 3.14. The third-order valence-corrected chi connectivity index (χ3v) is 3.92. The summed E-state index contributed by atoms with van der Waals surface area (Å²) in [7, 11) is 0. The molecule has 0 amide bonds. The summed E-state index contributed by atoms with van der Waals surface area (Å²) in [5.41, 5.74) is 0. The Bertz CT molecular complexity index is 572. The summed E-state index contributed by atoms with van der Waals surface area (Å²) in [6.45, 7) is 4.36.